The first-order valence-electron chi connectivity index (χ1n) is 4.95. The molecule has 0 amide bonds. The van der Waals surface area contributed by atoms with Gasteiger partial charge in [0.2, 0.25) is 0 Å². The van der Waals surface area contributed by atoms with Crippen molar-refractivity contribution in [2.45, 2.75) is 19.6 Å². The Morgan fingerprint density at radius 2 is 2.00 bits per heavy atom. The summed E-state index contributed by atoms with van der Waals surface area (Å²) in [4.78, 5) is 33.4. The van der Waals surface area contributed by atoms with E-state index in [-0.39, 0.29) is 6.61 Å². The number of hydrogen-bond acceptors (Lipinski definition) is 4. The molecule has 94 valence electrons. The van der Waals surface area contributed by atoms with E-state index in [1.54, 1.807) is 0 Å². The fourth-order valence-electron chi connectivity index (χ4n) is 1.20. The molecule has 0 unspecified atom stereocenters. The lowest BCUT2D eigenvalue weighted by atomic mass is 10.4. The van der Waals surface area contributed by atoms with Crippen molar-refractivity contribution in [1.82, 2.24) is 9.13 Å². The molecule has 0 bridgehead atoms. The van der Waals surface area contributed by atoms with E-state index < -0.39 is 23.3 Å². The molecule has 0 radical (unpaired) electrons. The maximum atomic E-state index is 11.5. The van der Waals surface area contributed by atoms with Crippen LogP contribution in [0.3, 0.4) is 0 Å². The molecule has 1 heterocycles. The van der Waals surface area contributed by atoms with Crippen LogP contribution in [-0.4, -0.2) is 26.3 Å². The van der Waals surface area contributed by atoms with Gasteiger partial charge in [0.25, 0.3) is 5.56 Å². The average molecular weight is 242 g/mol. The third-order valence-electron chi connectivity index (χ3n) is 2.45. The summed E-state index contributed by atoms with van der Waals surface area (Å²) < 4.78 is 7.22. The molecule has 1 aromatic heterocycles. The first-order valence-corrected chi connectivity index (χ1v) is 4.95. The molecule has 0 spiro atoms. The normalized spacial score (nSPS) is 12.4. The van der Waals surface area contributed by atoms with Crippen LogP contribution in [0, 0.1) is 0 Å². The SMILES string of the molecule is C[C@@H](OCc1cc(=O)n(C)c(=O)n1C)C(=O)O. The summed E-state index contributed by atoms with van der Waals surface area (Å²) in [6.07, 6.45) is -0.992. The standard InChI is InChI=1S/C10H14N2O5/c1-6(9(14)15)17-5-7-4-8(13)12(3)10(16)11(7)2/h4,6H,5H2,1-3H3,(H,14,15)/t6-/m1/s1. The largest absolute Gasteiger partial charge is 0.479 e. The minimum Gasteiger partial charge on any atom is -0.479 e. The molecule has 17 heavy (non-hydrogen) atoms. The zero-order valence-electron chi connectivity index (χ0n) is 9.84. The van der Waals surface area contributed by atoms with Crippen molar-refractivity contribution in [2.75, 3.05) is 0 Å². The molecule has 0 saturated carbocycles. The van der Waals surface area contributed by atoms with Gasteiger partial charge in [-0.25, -0.2) is 9.59 Å². The Bertz CT molecular complexity index is 543. The van der Waals surface area contributed by atoms with Crippen LogP contribution >= 0.6 is 0 Å². The smallest absolute Gasteiger partial charge is 0.332 e. The Labute approximate surface area is 96.9 Å². The molecule has 7 heteroatoms. The van der Waals surface area contributed by atoms with Crippen LogP contribution in [0.1, 0.15) is 12.6 Å². The lowest BCUT2D eigenvalue weighted by molar-refractivity contribution is -0.150. The van der Waals surface area contributed by atoms with Crippen molar-refractivity contribution in [1.29, 1.82) is 0 Å². The van der Waals surface area contributed by atoms with E-state index >= 15 is 0 Å². The Kier molecular flexibility index (Phi) is 3.84. The van der Waals surface area contributed by atoms with Crippen LogP contribution < -0.4 is 11.2 Å². The molecule has 0 aliphatic rings. The summed E-state index contributed by atoms with van der Waals surface area (Å²) in [6.45, 7) is 1.27. The maximum absolute atomic E-state index is 11.5. The Hall–Kier alpha value is -1.89. The lowest BCUT2D eigenvalue weighted by Crippen LogP contribution is -2.38. The third kappa shape index (κ3) is 2.82. The zero-order chi connectivity index (χ0) is 13.2. The van der Waals surface area contributed by atoms with E-state index in [0.717, 1.165) is 4.57 Å². The van der Waals surface area contributed by atoms with E-state index in [4.69, 9.17) is 9.84 Å². The van der Waals surface area contributed by atoms with Crippen molar-refractivity contribution in [3.05, 3.63) is 32.6 Å². The molecule has 1 aromatic rings. The molecule has 0 saturated heterocycles. The van der Waals surface area contributed by atoms with Crippen molar-refractivity contribution >= 4 is 5.97 Å². The summed E-state index contributed by atoms with van der Waals surface area (Å²) in [5, 5.41) is 8.62. The van der Waals surface area contributed by atoms with Gasteiger partial charge >= 0.3 is 11.7 Å². The van der Waals surface area contributed by atoms with Gasteiger partial charge in [0.15, 0.2) is 6.10 Å². The number of aliphatic carboxylic acids is 1. The summed E-state index contributed by atoms with van der Waals surface area (Å²) >= 11 is 0. The first-order chi connectivity index (χ1) is 7.84. The van der Waals surface area contributed by atoms with Gasteiger partial charge in [-0.1, -0.05) is 0 Å². The first kappa shape index (κ1) is 13.2. The second kappa shape index (κ2) is 4.96. The average Bonchev–Trinajstić information content (AvgIpc) is 2.28. The van der Waals surface area contributed by atoms with E-state index in [1.807, 2.05) is 0 Å². The Morgan fingerprint density at radius 1 is 1.41 bits per heavy atom. The second-order valence-electron chi connectivity index (χ2n) is 3.67. The highest BCUT2D eigenvalue weighted by molar-refractivity contribution is 5.71. The van der Waals surface area contributed by atoms with Gasteiger partial charge in [0, 0.05) is 20.2 Å². The van der Waals surface area contributed by atoms with Crippen LogP contribution in [0.2, 0.25) is 0 Å². The number of ether oxygens (including phenoxy) is 1. The van der Waals surface area contributed by atoms with Gasteiger partial charge in [-0.3, -0.25) is 13.9 Å². The van der Waals surface area contributed by atoms with Gasteiger partial charge < -0.3 is 9.84 Å². The van der Waals surface area contributed by atoms with Crippen LogP contribution in [0.15, 0.2) is 15.7 Å². The summed E-state index contributed by atoms with van der Waals surface area (Å²) in [6, 6.07) is 1.25. The molecule has 1 atom stereocenters. The van der Waals surface area contributed by atoms with Crippen LogP contribution in [0.25, 0.3) is 0 Å². The van der Waals surface area contributed by atoms with Crippen LogP contribution in [0.4, 0.5) is 0 Å². The van der Waals surface area contributed by atoms with E-state index in [2.05, 4.69) is 0 Å². The fourth-order valence-corrected chi connectivity index (χ4v) is 1.20. The molecule has 1 N–H and O–H groups in total. The van der Waals surface area contributed by atoms with Gasteiger partial charge in [-0.15, -0.1) is 0 Å². The predicted octanol–water partition coefficient (Wildman–Crippen LogP) is -0.926. The summed E-state index contributed by atoms with van der Waals surface area (Å²) in [5.74, 6) is -1.10. The molecular formula is C10H14N2O5. The number of nitrogens with zero attached hydrogens (tertiary/aromatic N) is 2. The Morgan fingerprint density at radius 3 is 2.53 bits per heavy atom. The van der Waals surface area contributed by atoms with Crippen molar-refractivity contribution in [3.63, 3.8) is 0 Å². The van der Waals surface area contributed by atoms with E-state index in [9.17, 15) is 14.4 Å². The maximum Gasteiger partial charge on any atom is 0.332 e. The van der Waals surface area contributed by atoms with Gasteiger partial charge in [-0.2, -0.15) is 0 Å². The van der Waals surface area contributed by atoms with E-state index in [0.29, 0.717) is 5.69 Å². The van der Waals surface area contributed by atoms with Gasteiger partial charge in [-0.05, 0) is 6.92 Å². The number of carboxylic acid groups (broad SMARTS) is 1. The van der Waals surface area contributed by atoms with Crippen LogP contribution in [-0.2, 0) is 30.2 Å². The third-order valence-corrected chi connectivity index (χ3v) is 2.45. The number of aromatic nitrogens is 2. The molecule has 1 rings (SSSR count). The molecule has 0 aromatic carbocycles. The van der Waals surface area contributed by atoms with Gasteiger partial charge in [0.05, 0.1) is 12.3 Å². The van der Waals surface area contributed by atoms with E-state index in [1.165, 1.54) is 31.7 Å². The number of carboxylic acids is 1. The highest BCUT2D eigenvalue weighted by Gasteiger charge is 2.13. The summed E-state index contributed by atoms with van der Waals surface area (Å²) in [5.41, 5.74) is -0.583. The number of hydrogen-bond donors (Lipinski definition) is 1. The molecular weight excluding hydrogens is 228 g/mol. The molecule has 0 fully saturated rings. The second-order valence-corrected chi connectivity index (χ2v) is 3.67. The van der Waals surface area contributed by atoms with Gasteiger partial charge in [0.1, 0.15) is 0 Å². The minimum atomic E-state index is -1.10. The van der Waals surface area contributed by atoms with Crippen molar-refractivity contribution in [3.8, 4) is 0 Å². The number of rotatable bonds is 4. The van der Waals surface area contributed by atoms with Crippen LogP contribution in [0.5, 0.6) is 0 Å². The predicted molar refractivity (Wildman–Crippen MR) is 58.8 cm³/mol. The lowest BCUT2D eigenvalue weighted by Gasteiger charge is -2.11. The van der Waals surface area contributed by atoms with Crippen molar-refractivity contribution in [2.24, 2.45) is 14.1 Å². The minimum absolute atomic E-state index is 0.102. The fraction of sp³-hybridized carbons (Fsp3) is 0.500. The molecule has 0 aliphatic heterocycles. The highest BCUT2D eigenvalue weighted by Crippen LogP contribution is 1.99. The molecule has 7 nitrogen and oxygen atoms in total. The zero-order valence-corrected chi connectivity index (χ0v) is 9.84. The summed E-state index contributed by atoms with van der Waals surface area (Å²) in [7, 11) is 2.86. The Balaban J connectivity index is 2.98. The molecule has 0 aliphatic carbocycles. The number of carbonyl (C=O) groups is 1. The highest BCUT2D eigenvalue weighted by atomic mass is 16.5. The topological polar surface area (TPSA) is 90.5 Å². The van der Waals surface area contributed by atoms with Crippen molar-refractivity contribution < 1.29 is 14.6 Å². The monoisotopic (exact) mass is 242 g/mol. The quantitative estimate of drug-likeness (QED) is 0.737.